The standard InChI is InChI=1S/C16H13BrCl2N2O3/c1-9-4-11(17)2-3-14(9)24-8-15(22)21-20-7-10-5-12(18)6-13(19)16(10)23/h2-7,23H,8H2,1H3,(H,21,22)/b20-7+. The predicted molar refractivity (Wildman–Crippen MR) is 98.2 cm³/mol. The number of ether oxygens (including phenoxy) is 1. The number of carbonyl (C=O) groups excluding carboxylic acids is 1. The van der Waals surface area contributed by atoms with E-state index in [-0.39, 0.29) is 22.9 Å². The molecule has 0 saturated heterocycles. The molecular formula is C16H13BrCl2N2O3. The number of nitrogens with one attached hydrogen (secondary N) is 1. The summed E-state index contributed by atoms with van der Waals surface area (Å²) >= 11 is 15.0. The first kappa shape index (κ1) is 18.6. The normalized spacial score (nSPS) is 10.8. The molecule has 24 heavy (non-hydrogen) atoms. The van der Waals surface area contributed by atoms with Gasteiger partial charge in [0.15, 0.2) is 6.61 Å². The predicted octanol–water partition coefficient (Wildman–Crippen LogP) is 4.30. The van der Waals surface area contributed by atoms with E-state index >= 15 is 0 Å². The molecule has 0 aliphatic carbocycles. The number of hydrogen-bond donors (Lipinski definition) is 2. The monoisotopic (exact) mass is 430 g/mol. The maximum absolute atomic E-state index is 11.7. The molecule has 5 nitrogen and oxygen atoms in total. The average molecular weight is 432 g/mol. The molecule has 0 atom stereocenters. The third-order valence-electron chi connectivity index (χ3n) is 2.95. The van der Waals surface area contributed by atoms with Gasteiger partial charge in [-0.15, -0.1) is 0 Å². The number of phenolic OH excluding ortho intramolecular Hbond substituents is 1. The minimum Gasteiger partial charge on any atom is -0.506 e. The number of rotatable bonds is 5. The van der Waals surface area contributed by atoms with Gasteiger partial charge in [-0.1, -0.05) is 39.1 Å². The Balaban J connectivity index is 1.91. The van der Waals surface area contributed by atoms with Crippen LogP contribution in [0.5, 0.6) is 11.5 Å². The third kappa shape index (κ3) is 5.12. The number of halogens is 3. The second-order valence-electron chi connectivity index (χ2n) is 4.82. The fraction of sp³-hybridized carbons (Fsp3) is 0.125. The highest BCUT2D eigenvalue weighted by molar-refractivity contribution is 9.10. The summed E-state index contributed by atoms with van der Waals surface area (Å²) in [7, 11) is 0. The van der Waals surface area contributed by atoms with Crippen LogP contribution in [-0.2, 0) is 4.79 Å². The lowest BCUT2D eigenvalue weighted by molar-refractivity contribution is -0.123. The van der Waals surface area contributed by atoms with E-state index < -0.39 is 5.91 Å². The maximum atomic E-state index is 11.7. The molecule has 0 unspecified atom stereocenters. The Morgan fingerprint density at radius 2 is 2.12 bits per heavy atom. The number of phenols is 1. The van der Waals surface area contributed by atoms with Crippen molar-refractivity contribution in [2.75, 3.05) is 6.61 Å². The minimum absolute atomic E-state index is 0.101. The van der Waals surface area contributed by atoms with Gasteiger partial charge in [-0.2, -0.15) is 5.10 Å². The highest BCUT2D eigenvalue weighted by atomic mass is 79.9. The first-order valence-electron chi connectivity index (χ1n) is 6.75. The Morgan fingerprint density at radius 3 is 2.83 bits per heavy atom. The van der Waals surface area contributed by atoms with Crippen molar-refractivity contribution in [3.8, 4) is 11.5 Å². The van der Waals surface area contributed by atoms with Crippen LogP contribution < -0.4 is 10.2 Å². The summed E-state index contributed by atoms with van der Waals surface area (Å²) in [6.45, 7) is 1.68. The number of aromatic hydroxyl groups is 1. The molecule has 0 aliphatic rings. The van der Waals surface area contributed by atoms with Gasteiger partial charge >= 0.3 is 0 Å². The topological polar surface area (TPSA) is 70.9 Å². The fourth-order valence-electron chi connectivity index (χ4n) is 1.81. The zero-order valence-corrected chi connectivity index (χ0v) is 15.6. The number of hydrazone groups is 1. The Labute approximate surface area is 157 Å². The number of amides is 1. The zero-order valence-electron chi connectivity index (χ0n) is 12.5. The maximum Gasteiger partial charge on any atom is 0.277 e. The van der Waals surface area contributed by atoms with Crippen molar-refractivity contribution in [3.63, 3.8) is 0 Å². The van der Waals surface area contributed by atoms with Gasteiger partial charge in [0.05, 0.1) is 11.2 Å². The largest absolute Gasteiger partial charge is 0.506 e. The first-order chi connectivity index (χ1) is 11.4. The van der Waals surface area contributed by atoms with Gasteiger partial charge in [0.25, 0.3) is 5.91 Å². The van der Waals surface area contributed by atoms with Crippen molar-refractivity contribution in [1.29, 1.82) is 0 Å². The van der Waals surface area contributed by atoms with E-state index in [1.165, 1.54) is 18.3 Å². The number of aryl methyl sites for hydroxylation is 1. The Bertz CT molecular complexity index is 797. The Kier molecular flexibility index (Phi) is 6.48. The van der Waals surface area contributed by atoms with E-state index in [2.05, 4.69) is 26.5 Å². The molecule has 126 valence electrons. The highest BCUT2D eigenvalue weighted by Gasteiger charge is 2.07. The molecule has 0 radical (unpaired) electrons. The van der Waals surface area contributed by atoms with E-state index in [0.717, 1.165) is 10.0 Å². The first-order valence-corrected chi connectivity index (χ1v) is 8.30. The van der Waals surface area contributed by atoms with Crippen LogP contribution >= 0.6 is 39.1 Å². The van der Waals surface area contributed by atoms with Crippen molar-refractivity contribution >= 4 is 51.3 Å². The lowest BCUT2D eigenvalue weighted by Crippen LogP contribution is -2.24. The summed E-state index contributed by atoms with van der Waals surface area (Å²) in [6.07, 6.45) is 1.25. The van der Waals surface area contributed by atoms with Crippen LogP contribution in [0.25, 0.3) is 0 Å². The minimum atomic E-state index is -0.443. The molecule has 0 aliphatic heterocycles. The SMILES string of the molecule is Cc1cc(Br)ccc1OCC(=O)N/N=C/c1cc(Cl)cc(Cl)c1O. The zero-order chi connectivity index (χ0) is 17.7. The van der Waals surface area contributed by atoms with Crippen molar-refractivity contribution in [2.24, 2.45) is 5.10 Å². The molecule has 0 bridgehead atoms. The number of nitrogens with zero attached hydrogens (tertiary/aromatic N) is 1. The molecule has 0 aromatic heterocycles. The summed E-state index contributed by atoms with van der Waals surface area (Å²) in [5.41, 5.74) is 3.49. The Hall–Kier alpha value is -1.76. The van der Waals surface area contributed by atoms with Crippen LogP contribution in [0.4, 0.5) is 0 Å². The summed E-state index contributed by atoms with van der Waals surface area (Å²) in [6, 6.07) is 8.35. The lowest BCUT2D eigenvalue weighted by Gasteiger charge is -2.08. The van der Waals surface area contributed by atoms with Gasteiger partial charge in [-0.3, -0.25) is 4.79 Å². The summed E-state index contributed by atoms with van der Waals surface area (Å²) in [5, 5.41) is 14.0. The molecule has 2 aromatic carbocycles. The van der Waals surface area contributed by atoms with Crippen LogP contribution in [-0.4, -0.2) is 23.8 Å². The van der Waals surface area contributed by atoms with Crippen LogP contribution in [0.15, 0.2) is 39.9 Å². The van der Waals surface area contributed by atoms with Gasteiger partial charge in [0.1, 0.15) is 11.5 Å². The van der Waals surface area contributed by atoms with Crippen LogP contribution in [0, 0.1) is 6.92 Å². The van der Waals surface area contributed by atoms with E-state index in [4.69, 9.17) is 27.9 Å². The molecule has 2 aromatic rings. The second-order valence-corrected chi connectivity index (χ2v) is 6.58. The third-order valence-corrected chi connectivity index (χ3v) is 3.95. The van der Waals surface area contributed by atoms with Gasteiger partial charge in [0, 0.05) is 15.1 Å². The quantitative estimate of drug-likeness (QED) is 0.547. The van der Waals surface area contributed by atoms with Crippen LogP contribution in [0.2, 0.25) is 10.0 Å². The Morgan fingerprint density at radius 1 is 1.38 bits per heavy atom. The van der Waals surface area contributed by atoms with Crippen molar-refractivity contribution in [3.05, 3.63) is 56.0 Å². The number of benzene rings is 2. The van der Waals surface area contributed by atoms with Gasteiger partial charge < -0.3 is 9.84 Å². The van der Waals surface area contributed by atoms with Crippen LogP contribution in [0.3, 0.4) is 0 Å². The molecule has 1 amide bonds. The lowest BCUT2D eigenvalue weighted by atomic mass is 10.2. The van der Waals surface area contributed by atoms with Crippen molar-refractivity contribution in [2.45, 2.75) is 6.92 Å². The molecule has 2 rings (SSSR count). The van der Waals surface area contributed by atoms with Gasteiger partial charge in [0.2, 0.25) is 0 Å². The van der Waals surface area contributed by atoms with E-state index in [1.54, 1.807) is 6.07 Å². The number of hydrogen-bond acceptors (Lipinski definition) is 4. The molecule has 0 spiro atoms. The highest BCUT2D eigenvalue weighted by Crippen LogP contribution is 2.29. The van der Waals surface area contributed by atoms with E-state index in [9.17, 15) is 9.90 Å². The number of carbonyl (C=O) groups is 1. The van der Waals surface area contributed by atoms with E-state index in [0.29, 0.717) is 10.8 Å². The van der Waals surface area contributed by atoms with E-state index in [1.807, 2.05) is 19.1 Å². The van der Waals surface area contributed by atoms with Crippen LogP contribution in [0.1, 0.15) is 11.1 Å². The summed E-state index contributed by atoms with van der Waals surface area (Å²) in [4.78, 5) is 11.7. The molecular weight excluding hydrogens is 419 g/mol. The summed E-state index contributed by atoms with van der Waals surface area (Å²) < 4.78 is 6.35. The molecule has 0 fully saturated rings. The van der Waals surface area contributed by atoms with Gasteiger partial charge in [-0.25, -0.2) is 5.43 Å². The van der Waals surface area contributed by atoms with Crippen molar-refractivity contribution < 1.29 is 14.6 Å². The average Bonchev–Trinajstić information content (AvgIpc) is 2.51. The van der Waals surface area contributed by atoms with Crippen molar-refractivity contribution in [1.82, 2.24) is 5.43 Å². The molecule has 0 saturated carbocycles. The second kappa shape index (κ2) is 8.37. The van der Waals surface area contributed by atoms with Gasteiger partial charge in [-0.05, 0) is 42.8 Å². The smallest absolute Gasteiger partial charge is 0.277 e. The fourth-order valence-corrected chi connectivity index (χ4v) is 2.79. The summed E-state index contributed by atoms with van der Waals surface area (Å²) in [5.74, 6) is -0.00131. The molecule has 2 N–H and O–H groups in total. The molecule has 8 heteroatoms. The molecule has 0 heterocycles.